The van der Waals surface area contributed by atoms with E-state index in [1.807, 2.05) is 12.4 Å². The van der Waals surface area contributed by atoms with E-state index in [1.165, 1.54) is 11.1 Å². The Balaban J connectivity index is 0.00000242. The number of piperidine rings is 1. The molecule has 2 rings (SSSR count). The molecule has 2 heterocycles. The smallest absolute Gasteiger partial charge is 0.193 e. The van der Waals surface area contributed by atoms with Gasteiger partial charge in [-0.3, -0.25) is 9.98 Å². The fraction of sp³-hybridized carbons (Fsp3) is 0.625. The normalized spacial score (nSPS) is 16.3. The zero-order valence-electron chi connectivity index (χ0n) is 13.5. The van der Waals surface area contributed by atoms with E-state index >= 15 is 0 Å². The number of aryl methyl sites for hydroxylation is 1. The first-order chi connectivity index (χ1) is 10.2. The van der Waals surface area contributed by atoms with Crippen molar-refractivity contribution in [3.05, 3.63) is 29.6 Å². The summed E-state index contributed by atoms with van der Waals surface area (Å²) in [6.07, 6.45) is 6.17. The van der Waals surface area contributed by atoms with Crippen molar-refractivity contribution in [2.75, 3.05) is 26.2 Å². The highest BCUT2D eigenvalue weighted by molar-refractivity contribution is 14.0. The summed E-state index contributed by atoms with van der Waals surface area (Å²) in [5.41, 5.74) is 2.53. The standard InChI is InChI=1S/C16H26N4O.HI/c1-3-18-16(20-10-6-15(21)7-11-20)19-9-5-14-4-8-17-12-13(14)2;/h4,8,12,15,21H,3,5-7,9-11H2,1-2H3,(H,18,19);1H. The number of nitrogens with one attached hydrogen (secondary N) is 1. The Morgan fingerprint density at radius 1 is 1.45 bits per heavy atom. The number of guanidine groups is 1. The fourth-order valence-electron chi connectivity index (χ4n) is 2.57. The van der Waals surface area contributed by atoms with Crippen molar-refractivity contribution in [2.45, 2.75) is 39.2 Å². The highest BCUT2D eigenvalue weighted by Crippen LogP contribution is 2.10. The second-order valence-corrected chi connectivity index (χ2v) is 5.51. The number of pyridine rings is 1. The van der Waals surface area contributed by atoms with Crippen LogP contribution in [-0.4, -0.2) is 53.2 Å². The zero-order valence-corrected chi connectivity index (χ0v) is 15.8. The predicted octanol–water partition coefficient (Wildman–Crippen LogP) is 1.97. The van der Waals surface area contributed by atoms with Gasteiger partial charge in [-0.2, -0.15) is 0 Å². The number of aliphatic imine (C=N–C) groups is 1. The van der Waals surface area contributed by atoms with E-state index in [9.17, 15) is 5.11 Å². The second kappa shape index (κ2) is 9.99. The first kappa shape index (κ1) is 19.2. The molecule has 1 saturated heterocycles. The molecule has 0 amide bonds. The Morgan fingerprint density at radius 2 is 2.18 bits per heavy atom. The molecular weight excluding hydrogens is 391 g/mol. The third kappa shape index (κ3) is 5.72. The maximum Gasteiger partial charge on any atom is 0.193 e. The number of rotatable bonds is 4. The van der Waals surface area contributed by atoms with Gasteiger partial charge in [-0.15, -0.1) is 24.0 Å². The molecule has 0 spiro atoms. The molecule has 0 saturated carbocycles. The van der Waals surface area contributed by atoms with Gasteiger partial charge >= 0.3 is 0 Å². The molecule has 0 atom stereocenters. The number of halogens is 1. The minimum Gasteiger partial charge on any atom is -0.393 e. The molecule has 1 aliphatic heterocycles. The monoisotopic (exact) mass is 418 g/mol. The fourth-order valence-corrected chi connectivity index (χ4v) is 2.57. The summed E-state index contributed by atoms with van der Waals surface area (Å²) in [5, 5.41) is 13.0. The van der Waals surface area contributed by atoms with Gasteiger partial charge in [0, 0.05) is 38.6 Å². The van der Waals surface area contributed by atoms with Crippen LogP contribution in [0.2, 0.25) is 0 Å². The zero-order chi connectivity index (χ0) is 15.1. The summed E-state index contributed by atoms with van der Waals surface area (Å²) < 4.78 is 0. The van der Waals surface area contributed by atoms with E-state index in [2.05, 4.69) is 35.1 Å². The Bertz CT molecular complexity index is 473. The van der Waals surface area contributed by atoms with Gasteiger partial charge in [-0.1, -0.05) is 0 Å². The second-order valence-electron chi connectivity index (χ2n) is 5.51. The summed E-state index contributed by atoms with van der Waals surface area (Å²) in [6.45, 7) is 7.56. The highest BCUT2D eigenvalue weighted by atomic mass is 127. The lowest BCUT2D eigenvalue weighted by Crippen LogP contribution is -2.46. The molecule has 124 valence electrons. The molecule has 6 heteroatoms. The van der Waals surface area contributed by atoms with Crippen LogP contribution in [0, 0.1) is 6.92 Å². The number of aliphatic hydroxyl groups excluding tert-OH is 1. The molecule has 0 bridgehead atoms. The average Bonchev–Trinajstić information content (AvgIpc) is 2.49. The van der Waals surface area contributed by atoms with Crippen LogP contribution in [0.5, 0.6) is 0 Å². The molecule has 0 radical (unpaired) electrons. The van der Waals surface area contributed by atoms with Gasteiger partial charge in [0.15, 0.2) is 5.96 Å². The predicted molar refractivity (Wildman–Crippen MR) is 101 cm³/mol. The minimum absolute atomic E-state index is 0. The topological polar surface area (TPSA) is 60.8 Å². The molecule has 1 fully saturated rings. The number of aromatic nitrogens is 1. The van der Waals surface area contributed by atoms with Crippen molar-refractivity contribution in [3.63, 3.8) is 0 Å². The molecule has 1 aromatic rings. The van der Waals surface area contributed by atoms with Crippen molar-refractivity contribution >= 4 is 29.9 Å². The Morgan fingerprint density at radius 3 is 2.82 bits per heavy atom. The lowest BCUT2D eigenvalue weighted by Gasteiger charge is -2.32. The van der Waals surface area contributed by atoms with Crippen molar-refractivity contribution in [2.24, 2.45) is 4.99 Å². The summed E-state index contributed by atoms with van der Waals surface area (Å²) in [5.74, 6) is 0.969. The van der Waals surface area contributed by atoms with Gasteiger partial charge in [0.1, 0.15) is 0 Å². The lowest BCUT2D eigenvalue weighted by atomic mass is 10.1. The quantitative estimate of drug-likeness (QED) is 0.446. The van der Waals surface area contributed by atoms with E-state index in [-0.39, 0.29) is 30.1 Å². The Kier molecular flexibility index (Phi) is 8.70. The number of likely N-dealkylation sites (tertiary alicyclic amines) is 1. The van der Waals surface area contributed by atoms with Crippen LogP contribution in [0.4, 0.5) is 0 Å². The van der Waals surface area contributed by atoms with Crippen LogP contribution in [0.25, 0.3) is 0 Å². The summed E-state index contributed by atoms with van der Waals surface area (Å²) >= 11 is 0. The average molecular weight is 418 g/mol. The van der Waals surface area contributed by atoms with E-state index < -0.39 is 0 Å². The van der Waals surface area contributed by atoms with Crippen molar-refractivity contribution < 1.29 is 5.11 Å². The number of hydrogen-bond donors (Lipinski definition) is 2. The van der Waals surface area contributed by atoms with Gasteiger partial charge < -0.3 is 15.3 Å². The maximum absolute atomic E-state index is 9.60. The van der Waals surface area contributed by atoms with Gasteiger partial charge in [0.25, 0.3) is 0 Å². The van der Waals surface area contributed by atoms with Crippen molar-refractivity contribution in [1.82, 2.24) is 15.2 Å². The number of aliphatic hydroxyl groups is 1. The molecule has 22 heavy (non-hydrogen) atoms. The van der Waals surface area contributed by atoms with Gasteiger partial charge in [0.2, 0.25) is 0 Å². The summed E-state index contributed by atoms with van der Waals surface area (Å²) in [7, 11) is 0. The van der Waals surface area contributed by atoms with E-state index in [0.29, 0.717) is 0 Å². The van der Waals surface area contributed by atoms with E-state index in [1.54, 1.807) is 0 Å². The van der Waals surface area contributed by atoms with E-state index in [4.69, 9.17) is 4.99 Å². The third-order valence-corrected chi connectivity index (χ3v) is 3.88. The molecular formula is C16H27IN4O. The molecule has 1 aliphatic rings. The van der Waals surface area contributed by atoms with Gasteiger partial charge in [-0.25, -0.2) is 0 Å². The van der Waals surface area contributed by atoms with Crippen LogP contribution in [0.3, 0.4) is 0 Å². The SMILES string of the molecule is CCNC(=NCCc1ccncc1C)N1CCC(O)CC1.I. The number of nitrogens with zero attached hydrogens (tertiary/aromatic N) is 3. The van der Waals surface area contributed by atoms with Crippen LogP contribution in [-0.2, 0) is 6.42 Å². The number of hydrogen-bond acceptors (Lipinski definition) is 3. The van der Waals surface area contributed by atoms with Crippen LogP contribution >= 0.6 is 24.0 Å². The van der Waals surface area contributed by atoms with Crippen LogP contribution < -0.4 is 5.32 Å². The van der Waals surface area contributed by atoms with Crippen LogP contribution in [0.1, 0.15) is 30.9 Å². The molecule has 5 nitrogen and oxygen atoms in total. The highest BCUT2D eigenvalue weighted by Gasteiger charge is 2.19. The maximum atomic E-state index is 9.60. The van der Waals surface area contributed by atoms with Gasteiger partial charge in [0.05, 0.1) is 6.10 Å². The molecule has 0 aliphatic carbocycles. The molecule has 1 aromatic heterocycles. The largest absolute Gasteiger partial charge is 0.393 e. The molecule has 0 aromatic carbocycles. The van der Waals surface area contributed by atoms with Crippen molar-refractivity contribution in [3.8, 4) is 0 Å². The van der Waals surface area contributed by atoms with Gasteiger partial charge in [-0.05, 0) is 50.3 Å². The molecule has 2 N–H and O–H groups in total. The Hall–Kier alpha value is -0.890. The Labute approximate surface area is 150 Å². The third-order valence-electron chi connectivity index (χ3n) is 3.88. The van der Waals surface area contributed by atoms with Crippen LogP contribution in [0.15, 0.2) is 23.5 Å². The first-order valence-electron chi connectivity index (χ1n) is 7.81. The summed E-state index contributed by atoms with van der Waals surface area (Å²) in [6, 6.07) is 2.06. The lowest BCUT2D eigenvalue weighted by molar-refractivity contribution is 0.108. The summed E-state index contributed by atoms with van der Waals surface area (Å²) in [4.78, 5) is 11.1. The molecule has 0 unspecified atom stereocenters. The first-order valence-corrected chi connectivity index (χ1v) is 7.81. The van der Waals surface area contributed by atoms with E-state index in [0.717, 1.165) is 51.4 Å². The van der Waals surface area contributed by atoms with Crippen molar-refractivity contribution in [1.29, 1.82) is 0 Å². The minimum atomic E-state index is -0.149.